The lowest BCUT2D eigenvalue weighted by Gasteiger charge is -2.40. The SMILES string of the molecule is CCCCC(=O)N(Cc1ccoc1)[C@@H]1C=C(C(=O)NCCO)[C@@H]2c3cc(CO)cc(OC)c3O[C@@H]2[C@H]1O. The third kappa shape index (κ3) is 5.36. The summed E-state index contributed by atoms with van der Waals surface area (Å²) in [5.41, 5.74) is 2.24. The maximum Gasteiger partial charge on any atom is 0.247 e. The molecule has 4 atom stereocenters. The van der Waals surface area contributed by atoms with Crippen LogP contribution < -0.4 is 14.8 Å². The average molecular weight is 515 g/mol. The molecule has 2 amide bonds. The van der Waals surface area contributed by atoms with E-state index in [-0.39, 0.29) is 32.2 Å². The molecule has 0 saturated heterocycles. The van der Waals surface area contributed by atoms with Crippen molar-refractivity contribution in [2.75, 3.05) is 20.3 Å². The topological polar surface area (TPSA) is 142 Å². The summed E-state index contributed by atoms with van der Waals surface area (Å²) in [4.78, 5) is 28.2. The number of aliphatic hydroxyl groups is 3. The number of carbonyl (C=O) groups is 2. The van der Waals surface area contributed by atoms with Crippen LogP contribution in [0.4, 0.5) is 0 Å². The first kappa shape index (κ1) is 26.7. The second-order valence-electron chi connectivity index (χ2n) is 9.27. The Morgan fingerprint density at radius 3 is 2.68 bits per heavy atom. The van der Waals surface area contributed by atoms with Crippen LogP contribution in [0.25, 0.3) is 0 Å². The Bertz CT molecular complexity index is 1130. The normalized spacial score (nSPS) is 21.9. The minimum Gasteiger partial charge on any atom is -0.493 e. The highest BCUT2D eigenvalue weighted by molar-refractivity contribution is 5.96. The van der Waals surface area contributed by atoms with Crippen LogP contribution in [0.5, 0.6) is 11.5 Å². The van der Waals surface area contributed by atoms with Crippen molar-refractivity contribution in [3.8, 4) is 11.5 Å². The summed E-state index contributed by atoms with van der Waals surface area (Å²) in [5, 5.41) is 33.3. The number of fused-ring (bicyclic) bond motifs is 3. The first-order valence-electron chi connectivity index (χ1n) is 12.5. The molecule has 1 aliphatic carbocycles. The Morgan fingerprint density at radius 2 is 2.03 bits per heavy atom. The van der Waals surface area contributed by atoms with Crippen LogP contribution in [0, 0.1) is 0 Å². The van der Waals surface area contributed by atoms with Gasteiger partial charge in [0.1, 0.15) is 12.2 Å². The molecule has 0 unspecified atom stereocenters. The number of benzene rings is 1. The number of hydrogen-bond donors (Lipinski definition) is 4. The number of amides is 2. The molecule has 1 aliphatic heterocycles. The molecule has 10 nitrogen and oxygen atoms in total. The van der Waals surface area contributed by atoms with Crippen LogP contribution in [0.3, 0.4) is 0 Å². The minimum atomic E-state index is -1.16. The van der Waals surface area contributed by atoms with Gasteiger partial charge in [-0.3, -0.25) is 9.59 Å². The molecule has 10 heteroatoms. The van der Waals surface area contributed by atoms with Crippen molar-refractivity contribution in [1.82, 2.24) is 10.2 Å². The first-order chi connectivity index (χ1) is 17.9. The van der Waals surface area contributed by atoms with Gasteiger partial charge in [-0.25, -0.2) is 0 Å². The number of ether oxygens (including phenoxy) is 2. The van der Waals surface area contributed by atoms with E-state index in [9.17, 15) is 24.9 Å². The van der Waals surface area contributed by atoms with Crippen molar-refractivity contribution in [3.63, 3.8) is 0 Å². The van der Waals surface area contributed by atoms with Crippen LogP contribution in [0.15, 0.2) is 46.8 Å². The molecule has 4 N–H and O–H groups in total. The van der Waals surface area contributed by atoms with Crippen molar-refractivity contribution in [3.05, 3.63) is 59.1 Å². The van der Waals surface area contributed by atoms with E-state index in [1.165, 1.54) is 13.4 Å². The molecule has 2 heterocycles. The fourth-order valence-corrected chi connectivity index (χ4v) is 5.03. The molecule has 4 rings (SSSR count). The highest BCUT2D eigenvalue weighted by Crippen LogP contribution is 2.51. The van der Waals surface area contributed by atoms with Gasteiger partial charge in [0.25, 0.3) is 0 Å². The lowest BCUT2D eigenvalue weighted by Crippen LogP contribution is -2.55. The fourth-order valence-electron chi connectivity index (χ4n) is 5.03. The predicted octanol–water partition coefficient (Wildman–Crippen LogP) is 1.62. The minimum absolute atomic E-state index is 0.0443. The molecule has 0 fully saturated rings. The highest BCUT2D eigenvalue weighted by Gasteiger charge is 2.51. The van der Waals surface area contributed by atoms with Gasteiger partial charge in [-0.1, -0.05) is 13.3 Å². The molecular formula is C27H34N2O8. The van der Waals surface area contributed by atoms with Gasteiger partial charge in [-0.05, 0) is 36.3 Å². The number of methoxy groups -OCH3 is 1. The Hall–Kier alpha value is -3.34. The third-order valence-electron chi connectivity index (χ3n) is 6.85. The van der Waals surface area contributed by atoms with Crippen LogP contribution in [0.2, 0.25) is 0 Å². The highest BCUT2D eigenvalue weighted by atomic mass is 16.5. The van der Waals surface area contributed by atoms with Gasteiger partial charge in [-0.15, -0.1) is 0 Å². The summed E-state index contributed by atoms with van der Waals surface area (Å²) in [7, 11) is 1.48. The number of nitrogens with one attached hydrogen (secondary N) is 1. The van der Waals surface area contributed by atoms with Crippen molar-refractivity contribution in [2.24, 2.45) is 0 Å². The molecule has 2 aliphatic rings. The molecular weight excluding hydrogens is 480 g/mol. The van der Waals surface area contributed by atoms with Gasteiger partial charge in [0.05, 0.1) is 44.8 Å². The van der Waals surface area contributed by atoms with E-state index in [0.717, 1.165) is 12.0 Å². The van der Waals surface area contributed by atoms with Crippen LogP contribution in [-0.4, -0.2) is 70.5 Å². The van der Waals surface area contributed by atoms with Gasteiger partial charge in [0.15, 0.2) is 11.5 Å². The van der Waals surface area contributed by atoms with Gasteiger partial charge in [-0.2, -0.15) is 0 Å². The summed E-state index contributed by atoms with van der Waals surface area (Å²) in [6.07, 6.45) is 4.45. The second-order valence-corrected chi connectivity index (χ2v) is 9.27. The maximum atomic E-state index is 13.3. The standard InChI is InChI=1S/C27H34N2O8/c1-3-4-5-22(32)29(13-16-6-9-36-15-16)20-12-19(27(34)28-7-8-30)23-18-10-17(14-31)11-21(35-2)25(18)37-26(23)24(20)33/h6,9-12,15,20,23-24,26,30-31,33H,3-5,7-8,13-14H2,1-2H3,(H,28,34)/t20-,23+,24+,26+/m1/s1. The molecule has 200 valence electrons. The summed E-state index contributed by atoms with van der Waals surface area (Å²) in [5.74, 6) is -0.498. The summed E-state index contributed by atoms with van der Waals surface area (Å²) >= 11 is 0. The van der Waals surface area contributed by atoms with E-state index >= 15 is 0 Å². The monoisotopic (exact) mass is 514 g/mol. The van der Waals surface area contributed by atoms with Gasteiger partial charge < -0.3 is 39.4 Å². The Balaban J connectivity index is 1.79. The smallest absolute Gasteiger partial charge is 0.247 e. The largest absolute Gasteiger partial charge is 0.493 e. The number of rotatable bonds is 11. The Labute approximate surface area is 215 Å². The summed E-state index contributed by atoms with van der Waals surface area (Å²) in [6.45, 7) is 1.74. The molecule has 0 radical (unpaired) electrons. The Kier molecular flexibility index (Phi) is 8.52. The number of nitrogens with zero attached hydrogens (tertiary/aromatic N) is 1. The van der Waals surface area contributed by atoms with E-state index in [0.29, 0.717) is 41.0 Å². The van der Waals surface area contributed by atoms with E-state index in [2.05, 4.69) is 5.32 Å². The van der Waals surface area contributed by atoms with Crippen LogP contribution in [-0.2, 0) is 22.7 Å². The van der Waals surface area contributed by atoms with Gasteiger partial charge >= 0.3 is 0 Å². The number of carbonyl (C=O) groups excluding carboxylic acids is 2. The number of hydrogen-bond acceptors (Lipinski definition) is 8. The summed E-state index contributed by atoms with van der Waals surface area (Å²) < 4.78 is 16.9. The third-order valence-corrected chi connectivity index (χ3v) is 6.85. The molecule has 2 aromatic rings. The second kappa shape index (κ2) is 11.8. The first-order valence-corrected chi connectivity index (χ1v) is 12.5. The van der Waals surface area contributed by atoms with E-state index < -0.39 is 30.1 Å². The van der Waals surface area contributed by atoms with Crippen molar-refractivity contribution in [2.45, 2.75) is 63.5 Å². The zero-order valence-electron chi connectivity index (χ0n) is 21.1. The summed E-state index contributed by atoms with van der Waals surface area (Å²) in [6, 6.07) is 4.28. The van der Waals surface area contributed by atoms with Crippen molar-refractivity contribution >= 4 is 11.8 Å². The molecule has 0 saturated carbocycles. The average Bonchev–Trinajstić information content (AvgIpc) is 3.57. The van der Waals surface area contributed by atoms with E-state index in [1.54, 1.807) is 35.4 Å². The molecule has 1 aromatic carbocycles. The Morgan fingerprint density at radius 1 is 1.22 bits per heavy atom. The van der Waals surface area contributed by atoms with E-state index in [4.69, 9.17) is 13.9 Å². The zero-order valence-corrected chi connectivity index (χ0v) is 21.1. The number of aliphatic hydroxyl groups excluding tert-OH is 3. The van der Waals surface area contributed by atoms with Crippen molar-refractivity contribution < 1.29 is 38.8 Å². The molecule has 1 aromatic heterocycles. The number of furan rings is 1. The van der Waals surface area contributed by atoms with Gasteiger partial charge in [0, 0.05) is 36.2 Å². The zero-order chi connectivity index (χ0) is 26.5. The maximum absolute atomic E-state index is 13.3. The van der Waals surface area contributed by atoms with Crippen LogP contribution in [0.1, 0.15) is 48.8 Å². The van der Waals surface area contributed by atoms with E-state index in [1.807, 2.05) is 6.92 Å². The molecule has 37 heavy (non-hydrogen) atoms. The fraction of sp³-hybridized carbons (Fsp3) is 0.481. The van der Waals surface area contributed by atoms with Crippen LogP contribution >= 0.6 is 0 Å². The lowest BCUT2D eigenvalue weighted by molar-refractivity contribution is -0.138. The van der Waals surface area contributed by atoms with Crippen molar-refractivity contribution in [1.29, 1.82) is 0 Å². The number of unbranched alkanes of at least 4 members (excludes halogenated alkanes) is 1. The lowest BCUT2D eigenvalue weighted by atomic mass is 9.77. The predicted molar refractivity (Wildman–Crippen MR) is 133 cm³/mol. The quantitative estimate of drug-likeness (QED) is 0.355. The molecule has 0 spiro atoms. The molecule has 0 bridgehead atoms. The van der Waals surface area contributed by atoms with Gasteiger partial charge in [0.2, 0.25) is 11.8 Å².